The third kappa shape index (κ3) is 5.94. The number of unbranched alkanes of at least 4 members (excludes halogenated alkanes) is 3. The second kappa shape index (κ2) is 14.0. The van der Waals surface area contributed by atoms with Crippen molar-refractivity contribution in [2.75, 3.05) is 26.2 Å². The highest BCUT2D eigenvalue weighted by Gasteiger charge is 2.78. The van der Waals surface area contributed by atoms with Gasteiger partial charge in [-0.05, 0) is 50.3 Å². The van der Waals surface area contributed by atoms with E-state index in [9.17, 15) is 19.5 Å². The van der Waals surface area contributed by atoms with Crippen molar-refractivity contribution in [3.63, 3.8) is 0 Å². The first kappa shape index (κ1) is 33.5. The quantitative estimate of drug-likeness (QED) is 0.184. The van der Waals surface area contributed by atoms with Crippen LogP contribution in [0, 0.1) is 11.8 Å². The van der Waals surface area contributed by atoms with E-state index in [2.05, 4.69) is 23.5 Å². The maximum Gasteiger partial charge on any atom is 0.250 e. The van der Waals surface area contributed by atoms with Crippen LogP contribution in [0.25, 0.3) is 11.0 Å². The van der Waals surface area contributed by atoms with Crippen molar-refractivity contribution in [1.82, 2.24) is 29.7 Å². The van der Waals surface area contributed by atoms with Gasteiger partial charge in [-0.3, -0.25) is 14.4 Å². The normalized spacial score (nSPS) is 25.8. The Bertz CT molecular complexity index is 1660. The van der Waals surface area contributed by atoms with Gasteiger partial charge in [-0.2, -0.15) is 0 Å². The number of aromatic nitrogens is 3. The van der Waals surface area contributed by atoms with Crippen molar-refractivity contribution in [3.05, 3.63) is 85.5 Å². The van der Waals surface area contributed by atoms with E-state index < -0.39 is 29.1 Å². The van der Waals surface area contributed by atoms with Gasteiger partial charge in [-0.1, -0.05) is 72.7 Å². The molecule has 2 unspecified atom stereocenters. The fraction of sp³-hybridized carbons (Fsp3) is 0.486. The van der Waals surface area contributed by atoms with E-state index in [1.54, 1.807) is 31.5 Å². The van der Waals surface area contributed by atoms with E-state index in [-0.39, 0.29) is 37.5 Å². The number of hydrogen-bond acceptors (Lipinski definition) is 7. The molecule has 3 saturated heterocycles. The summed E-state index contributed by atoms with van der Waals surface area (Å²) in [4.78, 5) is 49.2. The van der Waals surface area contributed by atoms with E-state index >= 15 is 0 Å². The zero-order chi connectivity index (χ0) is 33.9. The molecule has 11 heteroatoms. The van der Waals surface area contributed by atoms with E-state index in [0.29, 0.717) is 50.8 Å². The average molecular weight is 655 g/mol. The molecule has 3 aliphatic rings. The summed E-state index contributed by atoms with van der Waals surface area (Å²) in [6, 6.07) is 16.4. The average Bonchev–Trinajstić information content (AvgIpc) is 3.79. The van der Waals surface area contributed by atoms with E-state index in [1.165, 1.54) is 0 Å². The van der Waals surface area contributed by atoms with Crippen LogP contribution in [0.2, 0.25) is 0 Å². The topological polar surface area (TPSA) is 121 Å². The Morgan fingerprint density at radius 2 is 1.69 bits per heavy atom. The number of rotatable bonds is 16. The Labute approximate surface area is 281 Å². The van der Waals surface area contributed by atoms with Crippen molar-refractivity contribution in [2.45, 2.75) is 75.9 Å². The monoisotopic (exact) mass is 654 g/mol. The van der Waals surface area contributed by atoms with Crippen LogP contribution < -0.4 is 0 Å². The van der Waals surface area contributed by atoms with Crippen LogP contribution in [0.3, 0.4) is 0 Å². The standard InChI is InChI=1S/C37H46N6O5/c1-4-21-40(25-27-15-9-8-10-16-27)33(45)30-31-34(46)42(23-13-6-7-14-24-44)32(37(31)20-19-36(30,3)48-37)35(47)41(22-5-2)26-43-29-18-12-11-17-28(29)38-39-43/h4-5,8-12,15-18,30-32,44H,1-2,6-7,13-14,19-26H2,3H3/t30-,31-,32?,36+,37?/m0/s1. The Kier molecular flexibility index (Phi) is 9.80. The van der Waals surface area contributed by atoms with E-state index in [0.717, 1.165) is 23.9 Å². The lowest BCUT2D eigenvalue weighted by Crippen LogP contribution is -2.56. The highest BCUT2D eigenvalue weighted by atomic mass is 16.5. The fourth-order valence-corrected chi connectivity index (χ4v) is 8.19. The first-order valence-electron chi connectivity index (χ1n) is 17.0. The van der Waals surface area contributed by atoms with Crippen LogP contribution in [0.5, 0.6) is 0 Å². The molecule has 3 aromatic rings. The van der Waals surface area contributed by atoms with Crippen molar-refractivity contribution in [3.8, 4) is 0 Å². The molecule has 4 heterocycles. The molecule has 0 saturated carbocycles. The second-order valence-electron chi connectivity index (χ2n) is 13.5. The maximum absolute atomic E-state index is 14.9. The van der Waals surface area contributed by atoms with Crippen LogP contribution in [0.4, 0.5) is 0 Å². The molecule has 254 valence electrons. The molecule has 2 aromatic carbocycles. The van der Waals surface area contributed by atoms with Gasteiger partial charge in [0.25, 0.3) is 0 Å². The van der Waals surface area contributed by atoms with Crippen molar-refractivity contribution < 1.29 is 24.2 Å². The largest absolute Gasteiger partial charge is 0.396 e. The fourth-order valence-electron chi connectivity index (χ4n) is 8.19. The van der Waals surface area contributed by atoms with Crippen molar-refractivity contribution in [1.29, 1.82) is 0 Å². The number of carbonyl (C=O) groups is 3. The Hall–Kier alpha value is -4.35. The molecule has 0 radical (unpaired) electrons. The third-order valence-corrected chi connectivity index (χ3v) is 10.3. The number of para-hydroxylation sites is 1. The number of fused-ring (bicyclic) bond motifs is 2. The number of carbonyl (C=O) groups excluding carboxylic acids is 3. The first-order valence-corrected chi connectivity index (χ1v) is 17.0. The Balaban J connectivity index is 1.35. The van der Waals surface area contributed by atoms with Crippen LogP contribution in [-0.2, 0) is 32.3 Å². The van der Waals surface area contributed by atoms with Gasteiger partial charge in [0, 0.05) is 32.8 Å². The molecule has 11 nitrogen and oxygen atoms in total. The molecule has 3 aliphatic heterocycles. The SMILES string of the molecule is C=CCN(Cn1nnc2ccccc21)C(=O)C1N(CCCCCCO)C(=O)[C@@H]2[C@@H](C(=O)N(CC=C)Cc3ccccc3)[C@@]3(C)CCC12O3. The van der Waals surface area contributed by atoms with Crippen molar-refractivity contribution >= 4 is 28.8 Å². The molecule has 3 amide bonds. The smallest absolute Gasteiger partial charge is 0.250 e. The summed E-state index contributed by atoms with van der Waals surface area (Å²) < 4.78 is 8.60. The summed E-state index contributed by atoms with van der Waals surface area (Å²) >= 11 is 0. The molecular formula is C37H46N6O5. The molecule has 1 N–H and O–H groups in total. The van der Waals surface area contributed by atoms with Gasteiger partial charge >= 0.3 is 0 Å². The summed E-state index contributed by atoms with van der Waals surface area (Å²) in [5, 5.41) is 17.9. The molecule has 5 atom stereocenters. The highest BCUT2D eigenvalue weighted by Crippen LogP contribution is 2.63. The van der Waals surface area contributed by atoms with Gasteiger partial charge in [-0.25, -0.2) is 4.68 Å². The number of nitrogens with zero attached hydrogens (tertiary/aromatic N) is 6. The molecule has 0 aliphatic carbocycles. The van der Waals surface area contributed by atoms with Gasteiger partial charge in [0.15, 0.2) is 0 Å². The van der Waals surface area contributed by atoms with Gasteiger partial charge in [0.2, 0.25) is 17.7 Å². The number of ether oxygens (including phenoxy) is 1. The van der Waals surface area contributed by atoms with Gasteiger partial charge in [0.1, 0.15) is 23.8 Å². The van der Waals surface area contributed by atoms with E-state index in [4.69, 9.17) is 4.74 Å². The second-order valence-corrected chi connectivity index (χ2v) is 13.5. The lowest BCUT2D eigenvalue weighted by Gasteiger charge is -2.37. The summed E-state index contributed by atoms with van der Waals surface area (Å²) in [5.74, 6) is -2.17. The van der Waals surface area contributed by atoms with Crippen LogP contribution in [0.15, 0.2) is 79.9 Å². The molecule has 1 aromatic heterocycles. The number of likely N-dealkylation sites (tertiary alicyclic amines) is 1. The minimum Gasteiger partial charge on any atom is -0.396 e. The number of amides is 3. The number of aliphatic hydroxyl groups is 1. The number of hydrogen-bond donors (Lipinski definition) is 1. The lowest BCUT2D eigenvalue weighted by molar-refractivity contribution is -0.154. The van der Waals surface area contributed by atoms with Gasteiger partial charge in [-0.15, -0.1) is 18.3 Å². The summed E-state index contributed by atoms with van der Waals surface area (Å²) in [7, 11) is 0. The van der Waals surface area contributed by atoms with Crippen LogP contribution >= 0.6 is 0 Å². The molecular weight excluding hydrogens is 608 g/mol. The minimum atomic E-state index is -1.15. The Morgan fingerprint density at radius 3 is 2.44 bits per heavy atom. The maximum atomic E-state index is 14.9. The summed E-state index contributed by atoms with van der Waals surface area (Å²) in [6.07, 6.45) is 7.39. The zero-order valence-corrected chi connectivity index (χ0v) is 27.7. The van der Waals surface area contributed by atoms with Gasteiger partial charge in [0.05, 0.1) is 23.0 Å². The Morgan fingerprint density at radius 1 is 0.979 bits per heavy atom. The number of aliphatic hydroxyl groups excluding tert-OH is 1. The molecule has 6 rings (SSSR count). The highest BCUT2D eigenvalue weighted by molar-refractivity contribution is 5.99. The lowest BCUT2D eigenvalue weighted by atomic mass is 9.66. The van der Waals surface area contributed by atoms with E-state index in [1.807, 2.05) is 61.5 Å². The molecule has 48 heavy (non-hydrogen) atoms. The number of benzene rings is 2. The third-order valence-electron chi connectivity index (χ3n) is 10.3. The zero-order valence-electron chi connectivity index (χ0n) is 27.7. The molecule has 1 spiro atoms. The van der Waals surface area contributed by atoms with Crippen LogP contribution in [-0.4, -0.2) is 96.0 Å². The molecule has 2 bridgehead atoms. The summed E-state index contributed by atoms with van der Waals surface area (Å²) in [5.41, 5.74) is 0.438. The van der Waals surface area contributed by atoms with Crippen molar-refractivity contribution in [2.24, 2.45) is 11.8 Å². The van der Waals surface area contributed by atoms with Crippen LogP contribution in [0.1, 0.15) is 51.0 Å². The summed E-state index contributed by atoms with van der Waals surface area (Å²) in [6.45, 7) is 11.3. The minimum absolute atomic E-state index is 0.114. The molecule has 3 fully saturated rings. The van der Waals surface area contributed by atoms with Gasteiger partial charge < -0.3 is 24.5 Å². The predicted molar refractivity (Wildman–Crippen MR) is 181 cm³/mol. The predicted octanol–water partition coefficient (Wildman–Crippen LogP) is 3.94. The first-order chi connectivity index (χ1) is 23.3.